The van der Waals surface area contributed by atoms with Gasteiger partial charge in [-0.3, -0.25) is 0 Å². The van der Waals surface area contributed by atoms with Crippen molar-refractivity contribution in [1.82, 2.24) is 9.03 Å². The van der Waals surface area contributed by atoms with Gasteiger partial charge in [-0.2, -0.15) is 12.7 Å². The number of hydrogen-bond donors (Lipinski definition) is 2. The average molecular weight is 237 g/mol. The number of nitrogens with two attached hydrogens (primary N) is 1. The van der Waals surface area contributed by atoms with E-state index in [2.05, 4.69) is 18.6 Å². The molecular formula is C9H23N3O2S. The molecule has 0 rings (SSSR count). The predicted molar refractivity (Wildman–Crippen MR) is 62.7 cm³/mol. The van der Waals surface area contributed by atoms with Crippen LogP contribution in [0.3, 0.4) is 0 Å². The van der Waals surface area contributed by atoms with Crippen LogP contribution in [0, 0.1) is 5.92 Å². The largest absolute Gasteiger partial charge is 0.330 e. The van der Waals surface area contributed by atoms with Gasteiger partial charge in [-0.25, -0.2) is 4.72 Å². The van der Waals surface area contributed by atoms with Gasteiger partial charge in [-0.1, -0.05) is 13.8 Å². The van der Waals surface area contributed by atoms with E-state index >= 15 is 0 Å². The Labute approximate surface area is 93.2 Å². The lowest BCUT2D eigenvalue weighted by atomic mass is 10.1. The molecule has 92 valence electrons. The zero-order chi connectivity index (χ0) is 11.9. The molecule has 0 atom stereocenters. The highest BCUT2D eigenvalue weighted by Gasteiger charge is 2.15. The molecule has 0 aliphatic heterocycles. The number of nitrogens with zero attached hydrogens (tertiary/aromatic N) is 1. The molecule has 0 bridgehead atoms. The lowest BCUT2D eigenvalue weighted by Crippen LogP contribution is -2.39. The molecule has 0 saturated carbocycles. The lowest BCUT2D eigenvalue weighted by molar-refractivity contribution is 0.448. The van der Waals surface area contributed by atoms with Gasteiger partial charge in [-0.05, 0) is 25.3 Å². The van der Waals surface area contributed by atoms with Gasteiger partial charge in [0.15, 0.2) is 0 Å². The molecule has 0 unspecified atom stereocenters. The van der Waals surface area contributed by atoms with Crippen molar-refractivity contribution in [3.05, 3.63) is 0 Å². The third-order valence-corrected chi connectivity index (χ3v) is 3.67. The maximum Gasteiger partial charge on any atom is 0.279 e. The molecule has 0 aliphatic carbocycles. The molecule has 0 aromatic rings. The van der Waals surface area contributed by atoms with E-state index in [1.807, 2.05) is 0 Å². The summed E-state index contributed by atoms with van der Waals surface area (Å²) in [7, 11) is -1.74. The zero-order valence-corrected chi connectivity index (χ0v) is 10.7. The third kappa shape index (κ3) is 6.83. The van der Waals surface area contributed by atoms with Crippen LogP contribution in [0.2, 0.25) is 0 Å². The van der Waals surface area contributed by atoms with Crippen LogP contribution >= 0.6 is 0 Å². The van der Waals surface area contributed by atoms with E-state index in [1.54, 1.807) is 7.05 Å². The Morgan fingerprint density at radius 2 is 2.00 bits per heavy atom. The Kier molecular flexibility index (Phi) is 7.08. The first-order valence-electron chi connectivity index (χ1n) is 5.31. The fourth-order valence-electron chi connectivity index (χ4n) is 1.02. The van der Waals surface area contributed by atoms with Crippen molar-refractivity contribution < 1.29 is 8.42 Å². The van der Waals surface area contributed by atoms with Gasteiger partial charge >= 0.3 is 0 Å². The summed E-state index contributed by atoms with van der Waals surface area (Å²) in [6, 6.07) is 0. The Morgan fingerprint density at radius 3 is 2.47 bits per heavy atom. The van der Waals surface area contributed by atoms with Crippen molar-refractivity contribution in [3.8, 4) is 0 Å². The highest BCUT2D eigenvalue weighted by atomic mass is 32.2. The van der Waals surface area contributed by atoms with Crippen LogP contribution in [0.15, 0.2) is 0 Å². The lowest BCUT2D eigenvalue weighted by Gasteiger charge is -2.17. The molecule has 5 nitrogen and oxygen atoms in total. The minimum absolute atomic E-state index is 0.466. The molecule has 15 heavy (non-hydrogen) atoms. The summed E-state index contributed by atoms with van der Waals surface area (Å²) in [5, 5.41) is 0. The minimum atomic E-state index is -3.30. The highest BCUT2D eigenvalue weighted by Crippen LogP contribution is 1.99. The molecule has 0 spiro atoms. The first kappa shape index (κ1) is 14.8. The summed E-state index contributed by atoms with van der Waals surface area (Å²) in [6.07, 6.45) is 1.53. The Morgan fingerprint density at radius 1 is 1.40 bits per heavy atom. The Bertz CT molecular complexity index is 252. The van der Waals surface area contributed by atoms with E-state index < -0.39 is 10.2 Å². The first-order valence-corrected chi connectivity index (χ1v) is 6.75. The van der Waals surface area contributed by atoms with E-state index in [0.29, 0.717) is 32.0 Å². The van der Waals surface area contributed by atoms with Gasteiger partial charge < -0.3 is 5.73 Å². The predicted octanol–water partition coefficient (Wildman–Crippen LogP) is 0.148. The summed E-state index contributed by atoms with van der Waals surface area (Å²) < 4.78 is 27.0. The summed E-state index contributed by atoms with van der Waals surface area (Å²) in [4.78, 5) is 0. The maximum atomic E-state index is 11.6. The zero-order valence-electron chi connectivity index (χ0n) is 9.86. The minimum Gasteiger partial charge on any atom is -0.330 e. The van der Waals surface area contributed by atoms with Gasteiger partial charge in [0.2, 0.25) is 0 Å². The third-order valence-electron chi connectivity index (χ3n) is 2.09. The van der Waals surface area contributed by atoms with Crippen LogP contribution in [0.4, 0.5) is 0 Å². The summed E-state index contributed by atoms with van der Waals surface area (Å²) in [6.45, 7) is 5.59. The SMILES string of the molecule is CC(C)CCNS(=O)(=O)N(C)CCCN. The van der Waals surface area contributed by atoms with E-state index in [0.717, 1.165) is 6.42 Å². The van der Waals surface area contributed by atoms with Gasteiger partial charge in [0.25, 0.3) is 10.2 Å². The van der Waals surface area contributed by atoms with E-state index in [-0.39, 0.29) is 0 Å². The fourth-order valence-corrected chi connectivity index (χ4v) is 1.99. The van der Waals surface area contributed by atoms with E-state index in [1.165, 1.54) is 4.31 Å². The Hall–Kier alpha value is -0.170. The van der Waals surface area contributed by atoms with Gasteiger partial charge in [-0.15, -0.1) is 0 Å². The molecule has 0 aliphatic rings. The summed E-state index contributed by atoms with van der Waals surface area (Å²) in [5.74, 6) is 0.502. The summed E-state index contributed by atoms with van der Waals surface area (Å²) >= 11 is 0. The second-order valence-corrected chi connectivity index (χ2v) is 5.91. The second kappa shape index (κ2) is 7.16. The van der Waals surface area contributed by atoms with Gasteiger partial charge in [0.05, 0.1) is 0 Å². The smallest absolute Gasteiger partial charge is 0.279 e. The van der Waals surface area contributed by atoms with Crippen molar-refractivity contribution in [2.75, 3.05) is 26.7 Å². The molecule has 0 radical (unpaired) electrons. The molecule has 6 heteroatoms. The normalized spacial score (nSPS) is 12.7. The van der Waals surface area contributed by atoms with Crippen LogP contribution in [-0.2, 0) is 10.2 Å². The molecule has 0 amide bonds. The molecule has 0 aromatic heterocycles. The quantitative estimate of drug-likeness (QED) is 0.631. The van der Waals surface area contributed by atoms with Crippen molar-refractivity contribution in [1.29, 1.82) is 0 Å². The second-order valence-electron chi connectivity index (χ2n) is 4.05. The first-order chi connectivity index (χ1) is 6.90. The van der Waals surface area contributed by atoms with Gasteiger partial charge in [0.1, 0.15) is 0 Å². The van der Waals surface area contributed by atoms with Crippen LogP contribution in [0.25, 0.3) is 0 Å². The van der Waals surface area contributed by atoms with Crippen molar-refractivity contribution in [2.45, 2.75) is 26.7 Å². The maximum absolute atomic E-state index is 11.6. The van der Waals surface area contributed by atoms with Crippen molar-refractivity contribution >= 4 is 10.2 Å². The average Bonchev–Trinajstić information content (AvgIpc) is 2.13. The standard InChI is InChI=1S/C9H23N3O2S/c1-9(2)5-7-11-15(13,14)12(3)8-4-6-10/h9,11H,4-8,10H2,1-3H3. The topological polar surface area (TPSA) is 75.4 Å². The van der Waals surface area contributed by atoms with Crippen LogP contribution in [0.1, 0.15) is 26.7 Å². The van der Waals surface area contributed by atoms with E-state index in [9.17, 15) is 8.42 Å². The number of rotatable bonds is 8. The monoisotopic (exact) mass is 237 g/mol. The van der Waals surface area contributed by atoms with Crippen LogP contribution in [0.5, 0.6) is 0 Å². The Balaban J connectivity index is 3.95. The van der Waals surface area contributed by atoms with Crippen molar-refractivity contribution in [3.63, 3.8) is 0 Å². The van der Waals surface area contributed by atoms with Crippen LogP contribution < -0.4 is 10.5 Å². The number of nitrogens with one attached hydrogen (secondary N) is 1. The molecule has 3 N–H and O–H groups in total. The van der Waals surface area contributed by atoms with Gasteiger partial charge in [0, 0.05) is 20.1 Å². The molecule has 0 saturated heterocycles. The molecular weight excluding hydrogens is 214 g/mol. The van der Waals surface area contributed by atoms with E-state index in [4.69, 9.17) is 5.73 Å². The van der Waals surface area contributed by atoms with Crippen molar-refractivity contribution in [2.24, 2.45) is 11.7 Å². The number of hydrogen-bond acceptors (Lipinski definition) is 3. The van der Waals surface area contributed by atoms with Crippen LogP contribution in [-0.4, -0.2) is 39.4 Å². The molecule has 0 aromatic carbocycles. The fraction of sp³-hybridized carbons (Fsp3) is 1.00. The molecule has 0 fully saturated rings. The molecule has 0 heterocycles. The highest BCUT2D eigenvalue weighted by molar-refractivity contribution is 7.87. The summed E-state index contributed by atoms with van der Waals surface area (Å²) in [5.41, 5.74) is 5.32.